The highest BCUT2D eigenvalue weighted by Crippen LogP contribution is 2.34. The van der Waals surface area contributed by atoms with E-state index in [2.05, 4.69) is 0 Å². The Bertz CT molecular complexity index is 925. The second kappa shape index (κ2) is 6.75. The molecular weight excluding hydrogens is 338 g/mol. The van der Waals surface area contributed by atoms with E-state index in [0.717, 1.165) is 4.90 Å². The largest absolute Gasteiger partial charge is 0.310 e. The lowest BCUT2D eigenvalue weighted by Gasteiger charge is -2.23. The van der Waals surface area contributed by atoms with Crippen LogP contribution in [0, 0.1) is 10.1 Å². The van der Waals surface area contributed by atoms with Crippen LogP contribution in [0.1, 0.15) is 23.7 Å². The number of hydrogen-bond acceptors (Lipinski definition) is 5. The monoisotopic (exact) mass is 353 g/mol. The summed E-state index contributed by atoms with van der Waals surface area (Å²) < 4.78 is 0. The van der Waals surface area contributed by atoms with Gasteiger partial charge in [-0.15, -0.1) is 0 Å². The van der Waals surface area contributed by atoms with Crippen molar-refractivity contribution in [2.45, 2.75) is 13.3 Å². The Balaban J connectivity index is 2.16. The smallest absolute Gasteiger partial charge is 0.282 e. The van der Waals surface area contributed by atoms with Crippen molar-refractivity contribution >= 4 is 34.8 Å². The van der Waals surface area contributed by atoms with E-state index in [9.17, 15) is 24.5 Å². The lowest BCUT2D eigenvalue weighted by Crippen LogP contribution is -2.36. The summed E-state index contributed by atoms with van der Waals surface area (Å²) in [4.78, 5) is 50.5. The number of para-hydroxylation sites is 3. The van der Waals surface area contributed by atoms with Crippen molar-refractivity contribution in [1.82, 2.24) is 0 Å². The maximum atomic E-state index is 13.0. The number of amides is 3. The van der Waals surface area contributed by atoms with E-state index in [4.69, 9.17) is 0 Å². The van der Waals surface area contributed by atoms with Gasteiger partial charge in [-0.1, -0.05) is 24.3 Å². The number of nitro benzene ring substituents is 1. The zero-order chi connectivity index (χ0) is 18.8. The van der Waals surface area contributed by atoms with Crippen LogP contribution in [0.25, 0.3) is 0 Å². The van der Waals surface area contributed by atoms with Gasteiger partial charge >= 0.3 is 0 Å². The van der Waals surface area contributed by atoms with E-state index in [-0.39, 0.29) is 35.8 Å². The molecule has 3 amide bonds. The average Bonchev–Trinajstić information content (AvgIpc) is 2.77. The Kier molecular flexibility index (Phi) is 4.49. The number of nitro groups is 1. The van der Waals surface area contributed by atoms with Gasteiger partial charge < -0.3 is 4.90 Å². The number of hydrogen-bond donors (Lipinski definition) is 0. The second-order valence-corrected chi connectivity index (χ2v) is 5.72. The van der Waals surface area contributed by atoms with Gasteiger partial charge in [0, 0.05) is 26.0 Å². The molecule has 1 aliphatic heterocycles. The lowest BCUT2D eigenvalue weighted by molar-refractivity contribution is -0.385. The van der Waals surface area contributed by atoms with E-state index in [1.807, 2.05) is 0 Å². The first kappa shape index (κ1) is 17.3. The molecule has 1 aliphatic rings. The van der Waals surface area contributed by atoms with Crippen LogP contribution in [-0.4, -0.2) is 29.2 Å². The Hall–Kier alpha value is -3.55. The van der Waals surface area contributed by atoms with Gasteiger partial charge in [-0.2, -0.15) is 0 Å². The molecule has 132 valence electrons. The van der Waals surface area contributed by atoms with Crippen molar-refractivity contribution in [2.24, 2.45) is 0 Å². The molecule has 26 heavy (non-hydrogen) atoms. The summed E-state index contributed by atoms with van der Waals surface area (Å²) in [6.45, 7) is 1.51. The highest BCUT2D eigenvalue weighted by Gasteiger charge is 2.34. The van der Waals surface area contributed by atoms with E-state index >= 15 is 0 Å². The predicted molar refractivity (Wildman–Crippen MR) is 94.0 cm³/mol. The van der Waals surface area contributed by atoms with Crippen molar-refractivity contribution < 1.29 is 19.3 Å². The van der Waals surface area contributed by atoms with Gasteiger partial charge in [0.1, 0.15) is 5.56 Å². The first-order chi connectivity index (χ1) is 12.4. The molecule has 0 aliphatic carbocycles. The fourth-order valence-corrected chi connectivity index (χ4v) is 2.94. The van der Waals surface area contributed by atoms with E-state index in [0.29, 0.717) is 5.69 Å². The Morgan fingerprint density at radius 1 is 1.04 bits per heavy atom. The summed E-state index contributed by atoms with van der Waals surface area (Å²) in [5.41, 5.74) is 0.0820. The van der Waals surface area contributed by atoms with Crippen LogP contribution in [0.4, 0.5) is 17.1 Å². The van der Waals surface area contributed by atoms with Crippen molar-refractivity contribution in [1.29, 1.82) is 0 Å². The summed E-state index contributed by atoms with van der Waals surface area (Å²) in [6.07, 6.45) is -0.0688. The van der Waals surface area contributed by atoms with Gasteiger partial charge in [0.25, 0.3) is 11.6 Å². The molecule has 0 radical (unpaired) electrons. The first-order valence-electron chi connectivity index (χ1n) is 7.89. The molecule has 2 aromatic carbocycles. The number of nitrogens with zero attached hydrogens (tertiary/aromatic N) is 3. The third-order valence-corrected chi connectivity index (χ3v) is 4.13. The number of imide groups is 1. The third-order valence-electron chi connectivity index (χ3n) is 4.13. The minimum atomic E-state index is -0.792. The van der Waals surface area contributed by atoms with Crippen molar-refractivity contribution in [3.05, 3.63) is 64.2 Å². The van der Waals surface area contributed by atoms with E-state index in [1.165, 1.54) is 36.1 Å². The Labute approximate surface area is 148 Å². The molecule has 8 heteroatoms. The van der Waals surface area contributed by atoms with Crippen LogP contribution >= 0.6 is 0 Å². The molecule has 0 atom stereocenters. The quantitative estimate of drug-likeness (QED) is 0.469. The topological polar surface area (TPSA) is 101 Å². The van der Waals surface area contributed by atoms with E-state index < -0.39 is 16.7 Å². The number of rotatable bonds is 2. The fraction of sp³-hybridized carbons (Fsp3) is 0.167. The second-order valence-electron chi connectivity index (χ2n) is 5.72. The predicted octanol–water partition coefficient (Wildman–Crippen LogP) is 2.52. The maximum absolute atomic E-state index is 13.0. The number of anilines is 2. The molecule has 0 aromatic heterocycles. The molecule has 0 unspecified atom stereocenters. The normalized spacial score (nSPS) is 13.8. The minimum Gasteiger partial charge on any atom is -0.310 e. The molecule has 0 saturated heterocycles. The fourth-order valence-electron chi connectivity index (χ4n) is 2.94. The third kappa shape index (κ3) is 2.92. The molecule has 0 N–H and O–H groups in total. The average molecular weight is 353 g/mol. The van der Waals surface area contributed by atoms with Crippen molar-refractivity contribution in [2.75, 3.05) is 16.3 Å². The Morgan fingerprint density at radius 3 is 2.31 bits per heavy atom. The summed E-state index contributed by atoms with van der Waals surface area (Å²) in [5.74, 6) is -1.57. The van der Waals surface area contributed by atoms with Crippen molar-refractivity contribution in [3.63, 3.8) is 0 Å². The highest BCUT2D eigenvalue weighted by atomic mass is 16.6. The summed E-state index contributed by atoms with van der Waals surface area (Å²) in [6, 6.07) is 12.0. The summed E-state index contributed by atoms with van der Waals surface area (Å²) in [7, 11) is 0. The van der Waals surface area contributed by atoms with Gasteiger partial charge in [-0.25, -0.2) is 4.90 Å². The van der Waals surface area contributed by atoms with Crippen LogP contribution in [-0.2, 0) is 9.59 Å². The molecule has 0 bridgehead atoms. The number of fused-ring (bicyclic) bond motifs is 1. The molecule has 0 fully saturated rings. The van der Waals surface area contributed by atoms with Crippen molar-refractivity contribution in [3.8, 4) is 0 Å². The van der Waals surface area contributed by atoms with Crippen LogP contribution in [0.15, 0.2) is 48.5 Å². The van der Waals surface area contributed by atoms with Crippen LogP contribution in [0.3, 0.4) is 0 Å². The van der Waals surface area contributed by atoms with Crippen LogP contribution in [0.2, 0.25) is 0 Å². The SMILES string of the molecule is CC(=O)N1CCC(=O)N(C(=O)c2ccccc2[N+](=O)[O-])c2ccccc21. The molecule has 3 rings (SSSR count). The highest BCUT2D eigenvalue weighted by molar-refractivity contribution is 6.24. The van der Waals surface area contributed by atoms with Gasteiger partial charge in [-0.3, -0.25) is 24.5 Å². The molecule has 8 nitrogen and oxygen atoms in total. The molecule has 2 aromatic rings. The molecule has 0 saturated carbocycles. The minimum absolute atomic E-state index is 0.0688. The number of carbonyl (C=O) groups is 3. The number of benzene rings is 2. The Morgan fingerprint density at radius 2 is 1.65 bits per heavy atom. The van der Waals surface area contributed by atoms with Gasteiger partial charge in [-0.05, 0) is 18.2 Å². The molecular formula is C18H15N3O5. The lowest BCUT2D eigenvalue weighted by atomic mass is 10.1. The zero-order valence-electron chi connectivity index (χ0n) is 13.9. The standard InChI is InChI=1S/C18H15N3O5/c1-12(22)19-11-10-17(23)20(16-9-5-4-8-15(16)19)18(24)13-6-2-3-7-14(13)21(25)26/h2-9H,10-11H2,1H3. The maximum Gasteiger partial charge on any atom is 0.282 e. The zero-order valence-corrected chi connectivity index (χ0v) is 13.9. The van der Waals surface area contributed by atoms with Gasteiger partial charge in [0.05, 0.1) is 16.3 Å². The molecule has 1 heterocycles. The first-order valence-corrected chi connectivity index (χ1v) is 7.89. The number of carbonyl (C=O) groups excluding carboxylic acids is 3. The summed E-state index contributed by atoms with van der Waals surface area (Å²) in [5, 5.41) is 11.2. The van der Waals surface area contributed by atoms with Gasteiger partial charge in [0.15, 0.2) is 0 Å². The molecule has 0 spiro atoms. The van der Waals surface area contributed by atoms with Gasteiger partial charge in [0.2, 0.25) is 11.8 Å². The van der Waals surface area contributed by atoms with E-state index in [1.54, 1.807) is 24.3 Å². The summed E-state index contributed by atoms with van der Waals surface area (Å²) >= 11 is 0. The van der Waals surface area contributed by atoms with Crippen LogP contribution < -0.4 is 9.80 Å². The van der Waals surface area contributed by atoms with Crippen LogP contribution in [0.5, 0.6) is 0 Å².